The van der Waals surface area contributed by atoms with E-state index in [2.05, 4.69) is 0 Å². The molecular formula is C17H17FN2O3. The summed E-state index contributed by atoms with van der Waals surface area (Å²) in [6.07, 6.45) is 1.29. The first-order chi connectivity index (χ1) is 11.0. The van der Waals surface area contributed by atoms with E-state index >= 15 is 0 Å². The Bertz CT molecular complexity index is 763. The maximum absolute atomic E-state index is 13.6. The molecule has 23 heavy (non-hydrogen) atoms. The number of ether oxygens (including phenoxy) is 1. The smallest absolute Gasteiger partial charge is 0.339 e. The normalized spacial score (nSPS) is 16.0. The number of carbonyl (C=O) groups is 1. The molecule has 0 spiro atoms. The molecule has 2 amide bonds. The predicted molar refractivity (Wildman–Crippen MR) is 81.9 cm³/mol. The third kappa shape index (κ3) is 2.98. The highest BCUT2D eigenvalue weighted by Gasteiger charge is 2.29. The van der Waals surface area contributed by atoms with Gasteiger partial charge in [-0.15, -0.1) is 0 Å². The van der Waals surface area contributed by atoms with Crippen molar-refractivity contribution in [1.82, 2.24) is 5.06 Å². The highest BCUT2D eigenvalue weighted by molar-refractivity contribution is 5.71. The predicted octanol–water partition coefficient (Wildman–Crippen LogP) is 3.68. The summed E-state index contributed by atoms with van der Waals surface area (Å²) in [4.78, 5) is 11.1. The second-order valence-electron chi connectivity index (χ2n) is 5.61. The minimum absolute atomic E-state index is 0.318. The Labute approximate surface area is 133 Å². The van der Waals surface area contributed by atoms with E-state index in [0.717, 1.165) is 11.1 Å². The Kier molecular flexibility index (Phi) is 3.92. The van der Waals surface area contributed by atoms with E-state index in [1.807, 2.05) is 6.07 Å². The molecule has 0 saturated carbocycles. The third-order valence-electron chi connectivity index (χ3n) is 4.06. The van der Waals surface area contributed by atoms with Crippen LogP contribution in [0.25, 0.3) is 0 Å². The van der Waals surface area contributed by atoms with E-state index in [0.29, 0.717) is 35.0 Å². The van der Waals surface area contributed by atoms with Crippen LogP contribution in [0.15, 0.2) is 36.4 Å². The number of nitrogens with two attached hydrogens (primary N) is 1. The van der Waals surface area contributed by atoms with Crippen molar-refractivity contribution in [2.24, 2.45) is 5.73 Å². The van der Waals surface area contributed by atoms with Gasteiger partial charge in [-0.1, -0.05) is 12.1 Å². The number of halogens is 1. The van der Waals surface area contributed by atoms with Crippen molar-refractivity contribution in [1.29, 1.82) is 0 Å². The first-order valence-corrected chi connectivity index (χ1v) is 7.30. The van der Waals surface area contributed by atoms with Gasteiger partial charge < -0.3 is 10.5 Å². The van der Waals surface area contributed by atoms with Crippen molar-refractivity contribution in [2.45, 2.75) is 25.8 Å². The highest BCUT2D eigenvalue weighted by atomic mass is 19.1. The number of rotatable bonds is 3. The molecule has 0 aliphatic heterocycles. The summed E-state index contributed by atoms with van der Waals surface area (Å²) in [5.41, 5.74) is 7.48. The fourth-order valence-corrected chi connectivity index (χ4v) is 2.82. The standard InChI is InChI=1S/C17H17FN2O3/c1-10-2-4-13(9-15(10)18)23-12-5-6-14-11(8-12)3-7-16(14)20(22)17(19)21/h2,4-6,8-9,16,22H,3,7H2,1H3,(H2,19,21). The lowest BCUT2D eigenvalue weighted by molar-refractivity contribution is -0.0757. The Morgan fingerprint density at radius 1 is 1.30 bits per heavy atom. The molecule has 5 nitrogen and oxygen atoms in total. The quantitative estimate of drug-likeness (QED) is 0.670. The van der Waals surface area contributed by atoms with Gasteiger partial charge in [-0.05, 0) is 54.7 Å². The minimum atomic E-state index is -0.877. The lowest BCUT2D eigenvalue weighted by Gasteiger charge is -2.20. The average molecular weight is 316 g/mol. The van der Waals surface area contributed by atoms with Crippen LogP contribution >= 0.6 is 0 Å². The maximum atomic E-state index is 13.6. The van der Waals surface area contributed by atoms with Crippen LogP contribution in [-0.2, 0) is 6.42 Å². The number of fused-ring (bicyclic) bond motifs is 1. The van der Waals surface area contributed by atoms with Gasteiger partial charge in [-0.25, -0.2) is 9.18 Å². The maximum Gasteiger partial charge on any atom is 0.339 e. The van der Waals surface area contributed by atoms with E-state index in [1.165, 1.54) is 6.07 Å². The molecule has 1 aliphatic carbocycles. The zero-order valence-electron chi connectivity index (χ0n) is 12.6. The van der Waals surface area contributed by atoms with Crippen LogP contribution in [0.1, 0.15) is 29.2 Å². The second kappa shape index (κ2) is 5.89. The third-order valence-corrected chi connectivity index (χ3v) is 4.06. The lowest BCUT2D eigenvalue weighted by atomic mass is 10.1. The molecule has 0 fully saturated rings. The molecule has 3 rings (SSSR count). The number of hydrogen-bond donors (Lipinski definition) is 2. The first kappa shape index (κ1) is 15.3. The molecule has 0 heterocycles. The van der Waals surface area contributed by atoms with Crippen molar-refractivity contribution < 1.29 is 19.1 Å². The van der Waals surface area contributed by atoms with Crippen LogP contribution in [0.2, 0.25) is 0 Å². The van der Waals surface area contributed by atoms with Crippen molar-refractivity contribution in [2.75, 3.05) is 0 Å². The summed E-state index contributed by atoms with van der Waals surface area (Å²) >= 11 is 0. The number of urea groups is 1. The molecule has 0 radical (unpaired) electrons. The summed E-state index contributed by atoms with van der Waals surface area (Å²) in [5, 5.41) is 10.3. The summed E-state index contributed by atoms with van der Waals surface area (Å²) < 4.78 is 19.2. The van der Waals surface area contributed by atoms with Crippen LogP contribution in [0.4, 0.5) is 9.18 Å². The Balaban J connectivity index is 1.82. The second-order valence-corrected chi connectivity index (χ2v) is 5.61. The summed E-state index contributed by atoms with van der Waals surface area (Å²) in [7, 11) is 0. The highest BCUT2D eigenvalue weighted by Crippen LogP contribution is 2.37. The molecule has 3 N–H and O–H groups in total. The van der Waals surface area contributed by atoms with Crippen molar-refractivity contribution in [3.05, 3.63) is 58.9 Å². The van der Waals surface area contributed by atoms with Crippen LogP contribution in [-0.4, -0.2) is 16.3 Å². The van der Waals surface area contributed by atoms with Crippen molar-refractivity contribution in [3.63, 3.8) is 0 Å². The van der Waals surface area contributed by atoms with Gasteiger partial charge in [0.1, 0.15) is 17.3 Å². The Morgan fingerprint density at radius 2 is 2.00 bits per heavy atom. The minimum Gasteiger partial charge on any atom is -0.457 e. The molecule has 0 bridgehead atoms. The lowest BCUT2D eigenvalue weighted by Crippen LogP contribution is -2.35. The number of benzene rings is 2. The Morgan fingerprint density at radius 3 is 2.70 bits per heavy atom. The topological polar surface area (TPSA) is 75.8 Å². The van der Waals surface area contributed by atoms with Crippen LogP contribution < -0.4 is 10.5 Å². The zero-order valence-corrected chi connectivity index (χ0v) is 12.6. The van der Waals surface area contributed by atoms with Crippen LogP contribution in [0.5, 0.6) is 11.5 Å². The summed E-state index contributed by atoms with van der Waals surface area (Å²) in [6.45, 7) is 1.69. The number of carbonyl (C=O) groups excluding carboxylic acids is 1. The van der Waals surface area contributed by atoms with Gasteiger partial charge in [0, 0.05) is 6.07 Å². The fraction of sp³-hybridized carbons (Fsp3) is 0.235. The molecular weight excluding hydrogens is 299 g/mol. The van der Waals surface area contributed by atoms with Crippen LogP contribution in [0, 0.1) is 12.7 Å². The summed E-state index contributed by atoms with van der Waals surface area (Å²) in [5.74, 6) is 0.681. The molecule has 120 valence electrons. The van der Waals surface area contributed by atoms with E-state index in [9.17, 15) is 14.4 Å². The molecule has 1 unspecified atom stereocenters. The number of hydroxylamine groups is 2. The number of hydrogen-bond acceptors (Lipinski definition) is 3. The van der Waals surface area contributed by atoms with Gasteiger partial charge in [0.2, 0.25) is 0 Å². The van der Waals surface area contributed by atoms with Gasteiger partial charge in [-0.2, -0.15) is 5.06 Å². The SMILES string of the molecule is Cc1ccc(Oc2ccc3c(c2)CCC3N(O)C(N)=O)cc1F. The number of nitrogens with zero attached hydrogens (tertiary/aromatic N) is 1. The van der Waals surface area contributed by atoms with Gasteiger partial charge in [-0.3, -0.25) is 5.21 Å². The fourth-order valence-electron chi connectivity index (χ4n) is 2.82. The van der Waals surface area contributed by atoms with Crippen molar-refractivity contribution >= 4 is 6.03 Å². The molecule has 0 saturated heterocycles. The van der Waals surface area contributed by atoms with Crippen LogP contribution in [0.3, 0.4) is 0 Å². The Hall–Kier alpha value is -2.60. The molecule has 0 aromatic heterocycles. The van der Waals surface area contributed by atoms with E-state index in [4.69, 9.17) is 10.5 Å². The monoisotopic (exact) mass is 316 g/mol. The number of primary amides is 1. The average Bonchev–Trinajstić information content (AvgIpc) is 2.93. The zero-order chi connectivity index (χ0) is 16.6. The van der Waals surface area contributed by atoms with E-state index in [1.54, 1.807) is 31.2 Å². The molecule has 1 atom stereocenters. The van der Waals surface area contributed by atoms with E-state index < -0.39 is 12.1 Å². The number of amides is 2. The number of aryl methyl sites for hydroxylation is 2. The molecule has 6 heteroatoms. The van der Waals surface area contributed by atoms with Crippen molar-refractivity contribution in [3.8, 4) is 11.5 Å². The van der Waals surface area contributed by atoms with Gasteiger partial charge >= 0.3 is 6.03 Å². The van der Waals surface area contributed by atoms with Gasteiger partial charge in [0.05, 0.1) is 6.04 Å². The van der Waals surface area contributed by atoms with E-state index in [-0.39, 0.29) is 5.82 Å². The largest absolute Gasteiger partial charge is 0.457 e. The first-order valence-electron chi connectivity index (χ1n) is 7.30. The van der Waals surface area contributed by atoms with Gasteiger partial charge in [0.25, 0.3) is 0 Å². The summed E-state index contributed by atoms with van der Waals surface area (Å²) in [6, 6.07) is 8.74. The molecule has 2 aromatic carbocycles. The van der Waals surface area contributed by atoms with Gasteiger partial charge in [0.15, 0.2) is 0 Å². The molecule has 2 aromatic rings. The molecule has 1 aliphatic rings.